The fourth-order valence-corrected chi connectivity index (χ4v) is 2.87. The van der Waals surface area contributed by atoms with Gasteiger partial charge in [-0.2, -0.15) is 0 Å². The van der Waals surface area contributed by atoms with E-state index in [0.29, 0.717) is 11.5 Å². The van der Waals surface area contributed by atoms with E-state index in [1.165, 1.54) is 18.0 Å². The molecule has 0 saturated heterocycles. The van der Waals surface area contributed by atoms with E-state index in [4.69, 9.17) is 4.42 Å². The van der Waals surface area contributed by atoms with Crippen LogP contribution in [0.5, 0.6) is 0 Å². The molecule has 23 heavy (non-hydrogen) atoms. The highest BCUT2D eigenvalue weighted by Gasteiger charge is 2.28. The van der Waals surface area contributed by atoms with E-state index >= 15 is 0 Å². The second kappa shape index (κ2) is 6.10. The van der Waals surface area contributed by atoms with Crippen molar-refractivity contribution in [3.8, 4) is 0 Å². The topological polar surface area (TPSA) is 79.8 Å². The lowest BCUT2D eigenvalue weighted by Gasteiger charge is -2.20. The van der Waals surface area contributed by atoms with Crippen molar-refractivity contribution in [1.82, 2.24) is 14.7 Å². The van der Waals surface area contributed by atoms with Gasteiger partial charge in [-0.3, -0.25) is 9.20 Å². The second-order valence-corrected chi connectivity index (χ2v) is 6.11. The van der Waals surface area contributed by atoms with Crippen LogP contribution in [-0.4, -0.2) is 33.2 Å². The molecule has 0 spiro atoms. The number of rotatable bonds is 5. The number of aromatic nitrogens is 2. The number of imidazole rings is 1. The molecule has 0 aliphatic carbocycles. The van der Waals surface area contributed by atoms with Gasteiger partial charge in [-0.25, -0.2) is 4.98 Å². The molecule has 0 saturated carbocycles. The fourth-order valence-electron chi connectivity index (χ4n) is 2.33. The number of nitrogens with one attached hydrogen (secondary N) is 1. The van der Waals surface area contributed by atoms with E-state index < -0.39 is 5.60 Å². The summed E-state index contributed by atoms with van der Waals surface area (Å²) < 4.78 is 7.07. The highest BCUT2D eigenvalue weighted by molar-refractivity contribution is 7.98. The summed E-state index contributed by atoms with van der Waals surface area (Å²) in [5.74, 6) is 0.0677. The van der Waals surface area contributed by atoms with Crippen LogP contribution >= 0.6 is 11.8 Å². The predicted molar refractivity (Wildman–Crippen MR) is 87.6 cm³/mol. The van der Waals surface area contributed by atoms with Gasteiger partial charge in [0.15, 0.2) is 10.9 Å². The van der Waals surface area contributed by atoms with E-state index in [-0.39, 0.29) is 12.5 Å². The largest absolute Gasteiger partial charge is 0.466 e. The standard InChI is InChI=1S/C16H17N3O3S/c1-16(21,12-7-5-9-22-12)10-17-14(20)13-11-6-3-4-8-19(11)15(18-13)23-2/h3-9,21H,10H2,1-2H3,(H,17,20). The van der Waals surface area contributed by atoms with Crippen LogP contribution < -0.4 is 5.32 Å². The molecular formula is C16H17N3O3S. The predicted octanol–water partition coefficient (Wildman–Crippen LogP) is 2.29. The Hall–Kier alpha value is -2.25. The summed E-state index contributed by atoms with van der Waals surface area (Å²) in [5.41, 5.74) is -0.214. The summed E-state index contributed by atoms with van der Waals surface area (Å²) >= 11 is 1.47. The van der Waals surface area contributed by atoms with Gasteiger partial charge in [0.25, 0.3) is 5.91 Å². The van der Waals surface area contributed by atoms with Crippen LogP contribution in [0.25, 0.3) is 5.52 Å². The van der Waals surface area contributed by atoms with E-state index in [1.807, 2.05) is 35.1 Å². The molecule has 1 unspecified atom stereocenters. The van der Waals surface area contributed by atoms with Gasteiger partial charge in [-0.1, -0.05) is 17.8 Å². The zero-order valence-corrected chi connectivity index (χ0v) is 13.6. The third-order valence-electron chi connectivity index (χ3n) is 3.56. The molecule has 120 valence electrons. The molecule has 7 heteroatoms. The number of hydrogen-bond acceptors (Lipinski definition) is 5. The van der Waals surface area contributed by atoms with Crippen LogP contribution in [0.4, 0.5) is 0 Å². The smallest absolute Gasteiger partial charge is 0.272 e. The molecule has 6 nitrogen and oxygen atoms in total. The van der Waals surface area contributed by atoms with E-state index in [9.17, 15) is 9.90 Å². The molecule has 3 rings (SSSR count). The Labute approximate surface area is 137 Å². The number of thioether (sulfide) groups is 1. The van der Waals surface area contributed by atoms with E-state index in [0.717, 1.165) is 10.7 Å². The summed E-state index contributed by atoms with van der Waals surface area (Å²) in [7, 11) is 0. The van der Waals surface area contributed by atoms with Gasteiger partial charge in [0.2, 0.25) is 0 Å². The Kier molecular flexibility index (Phi) is 4.14. The van der Waals surface area contributed by atoms with Crippen molar-refractivity contribution in [2.45, 2.75) is 17.7 Å². The Morgan fingerprint density at radius 3 is 2.96 bits per heavy atom. The van der Waals surface area contributed by atoms with E-state index in [1.54, 1.807) is 19.1 Å². The van der Waals surface area contributed by atoms with Crippen molar-refractivity contribution >= 4 is 23.2 Å². The molecule has 3 heterocycles. The molecular weight excluding hydrogens is 314 g/mol. The molecule has 0 radical (unpaired) electrons. The van der Waals surface area contributed by atoms with Crippen molar-refractivity contribution in [1.29, 1.82) is 0 Å². The minimum absolute atomic E-state index is 0.0276. The number of carbonyl (C=O) groups is 1. The second-order valence-electron chi connectivity index (χ2n) is 5.34. The maximum atomic E-state index is 12.5. The number of hydrogen-bond donors (Lipinski definition) is 2. The van der Waals surface area contributed by atoms with Crippen LogP contribution in [0.2, 0.25) is 0 Å². The first-order chi connectivity index (χ1) is 11.0. The molecule has 3 aromatic heterocycles. The Bertz CT molecular complexity index is 824. The average molecular weight is 331 g/mol. The van der Waals surface area contributed by atoms with Gasteiger partial charge in [0.05, 0.1) is 18.3 Å². The number of fused-ring (bicyclic) bond motifs is 1. The van der Waals surface area contributed by atoms with Crippen molar-refractivity contribution in [3.63, 3.8) is 0 Å². The number of amides is 1. The molecule has 0 aliphatic heterocycles. The summed E-state index contributed by atoms with van der Waals surface area (Å²) in [6.45, 7) is 1.62. The van der Waals surface area contributed by atoms with Crippen LogP contribution in [0, 0.1) is 0 Å². The number of pyridine rings is 1. The minimum Gasteiger partial charge on any atom is -0.466 e. The molecule has 0 bridgehead atoms. The van der Waals surface area contributed by atoms with Gasteiger partial charge in [0, 0.05) is 6.20 Å². The van der Waals surface area contributed by atoms with Gasteiger partial charge in [-0.15, -0.1) is 0 Å². The van der Waals surface area contributed by atoms with Crippen LogP contribution in [0.1, 0.15) is 23.2 Å². The lowest BCUT2D eigenvalue weighted by atomic mass is 10.0. The lowest BCUT2D eigenvalue weighted by Crippen LogP contribution is -2.38. The van der Waals surface area contributed by atoms with Crippen molar-refractivity contribution in [2.24, 2.45) is 0 Å². The fraction of sp³-hybridized carbons (Fsp3) is 0.250. The number of furan rings is 1. The maximum absolute atomic E-state index is 12.5. The number of nitrogens with zero attached hydrogens (tertiary/aromatic N) is 2. The van der Waals surface area contributed by atoms with Crippen LogP contribution in [0.15, 0.2) is 52.4 Å². The minimum atomic E-state index is -1.28. The Morgan fingerprint density at radius 2 is 2.26 bits per heavy atom. The lowest BCUT2D eigenvalue weighted by molar-refractivity contribution is 0.0330. The summed E-state index contributed by atoms with van der Waals surface area (Å²) in [6.07, 6.45) is 5.26. The molecule has 2 N–H and O–H groups in total. The highest BCUT2D eigenvalue weighted by atomic mass is 32.2. The number of carbonyl (C=O) groups excluding carboxylic acids is 1. The van der Waals surface area contributed by atoms with Gasteiger partial charge >= 0.3 is 0 Å². The summed E-state index contributed by atoms with van der Waals surface area (Å²) in [5, 5.41) is 13.9. The quantitative estimate of drug-likeness (QED) is 0.701. The monoisotopic (exact) mass is 331 g/mol. The van der Waals surface area contributed by atoms with Gasteiger partial charge in [-0.05, 0) is 37.4 Å². The third-order valence-corrected chi connectivity index (χ3v) is 4.21. The third kappa shape index (κ3) is 2.97. The van der Waals surface area contributed by atoms with Gasteiger partial charge in [0.1, 0.15) is 11.4 Å². The first kappa shape index (κ1) is 15.6. The molecule has 3 aromatic rings. The van der Waals surface area contributed by atoms with Crippen molar-refractivity contribution < 1.29 is 14.3 Å². The van der Waals surface area contributed by atoms with Crippen LogP contribution in [-0.2, 0) is 5.60 Å². The normalized spacial score (nSPS) is 13.9. The number of aliphatic hydroxyl groups is 1. The van der Waals surface area contributed by atoms with Crippen molar-refractivity contribution in [2.75, 3.05) is 12.8 Å². The first-order valence-electron chi connectivity index (χ1n) is 7.08. The van der Waals surface area contributed by atoms with Crippen LogP contribution in [0.3, 0.4) is 0 Å². The summed E-state index contributed by atoms with van der Waals surface area (Å²) in [6, 6.07) is 8.95. The average Bonchev–Trinajstić information content (AvgIpc) is 3.20. The zero-order valence-electron chi connectivity index (χ0n) is 12.8. The Balaban J connectivity index is 1.82. The maximum Gasteiger partial charge on any atom is 0.272 e. The first-order valence-corrected chi connectivity index (χ1v) is 8.31. The Morgan fingerprint density at radius 1 is 1.43 bits per heavy atom. The molecule has 0 aliphatic rings. The molecule has 1 atom stereocenters. The summed E-state index contributed by atoms with van der Waals surface area (Å²) in [4.78, 5) is 16.8. The zero-order chi connectivity index (χ0) is 16.4. The van der Waals surface area contributed by atoms with E-state index in [2.05, 4.69) is 10.3 Å². The SMILES string of the molecule is CSc1nc(C(=O)NCC(C)(O)c2ccco2)c2ccccn12. The molecule has 0 fully saturated rings. The molecule has 1 amide bonds. The molecule has 0 aromatic carbocycles. The van der Waals surface area contributed by atoms with Gasteiger partial charge < -0.3 is 14.8 Å². The highest BCUT2D eigenvalue weighted by Crippen LogP contribution is 2.22. The van der Waals surface area contributed by atoms with Crippen molar-refractivity contribution in [3.05, 3.63) is 54.2 Å².